The topological polar surface area (TPSA) is 209 Å². The van der Waals surface area contributed by atoms with E-state index in [0.717, 1.165) is 16.5 Å². The number of benzene rings is 1. The molecule has 9 N–H and O–H groups in total. The second-order valence-corrected chi connectivity index (χ2v) is 10.3. The second kappa shape index (κ2) is 15.0. The maximum absolute atomic E-state index is 13.4. The normalized spacial score (nSPS) is 15.7. The minimum Gasteiger partial charge on any atom is -0.480 e. The van der Waals surface area contributed by atoms with Crippen molar-refractivity contribution in [1.82, 2.24) is 20.9 Å². The van der Waals surface area contributed by atoms with Crippen molar-refractivity contribution in [2.24, 2.45) is 23.3 Å². The van der Waals surface area contributed by atoms with E-state index >= 15 is 0 Å². The van der Waals surface area contributed by atoms with Gasteiger partial charge in [0.25, 0.3) is 0 Å². The summed E-state index contributed by atoms with van der Waals surface area (Å²) >= 11 is 0. The maximum atomic E-state index is 13.4. The first kappa shape index (κ1) is 32.3. The number of para-hydroxylation sites is 1. The summed E-state index contributed by atoms with van der Waals surface area (Å²) < 4.78 is 0. The highest BCUT2D eigenvalue weighted by atomic mass is 16.4. The number of H-pyrrole nitrogens is 1. The lowest BCUT2D eigenvalue weighted by Gasteiger charge is -2.27. The van der Waals surface area contributed by atoms with Crippen LogP contribution in [0.3, 0.4) is 0 Å². The van der Waals surface area contributed by atoms with Gasteiger partial charge in [0.1, 0.15) is 18.1 Å². The van der Waals surface area contributed by atoms with Gasteiger partial charge < -0.3 is 37.5 Å². The molecular formula is C28H42N6O6. The Bertz CT molecular complexity index is 1200. The molecule has 0 fully saturated rings. The van der Waals surface area contributed by atoms with Crippen LogP contribution in [-0.2, 0) is 30.4 Å². The summed E-state index contributed by atoms with van der Waals surface area (Å²) in [6, 6.07) is 2.99. The summed E-state index contributed by atoms with van der Waals surface area (Å²) in [7, 11) is 0. The molecule has 1 aromatic carbocycles. The number of fused-ring (bicyclic) bond motifs is 1. The Hall–Kier alpha value is -3.93. The Morgan fingerprint density at radius 1 is 0.900 bits per heavy atom. The Balaban J connectivity index is 2.36. The summed E-state index contributed by atoms with van der Waals surface area (Å²) in [4.78, 5) is 66.1. The van der Waals surface area contributed by atoms with Crippen LogP contribution >= 0.6 is 0 Å². The third-order valence-electron chi connectivity index (χ3n) is 7.38. The van der Waals surface area contributed by atoms with E-state index in [9.17, 15) is 29.1 Å². The highest BCUT2D eigenvalue weighted by Crippen LogP contribution is 2.20. The molecule has 2 rings (SSSR count). The average molecular weight is 559 g/mol. The van der Waals surface area contributed by atoms with Crippen molar-refractivity contribution < 1.29 is 29.1 Å². The molecule has 1 heterocycles. The molecule has 0 saturated carbocycles. The predicted octanol–water partition coefficient (Wildman–Crippen LogP) is 0.934. The second-order valence-electron chi connectivity index (χ2n) is 10.3. The molecule has 40 heavy (non-hydrogen) atoms. The Labute approximate surface area is 234 Å². The summed E-state index contributed by atoms with van der Waals surface area (Å²) in [5.74, 6) is -4.36. The summed E-state index contributed by atoms with van der Waals surface area (Å²) in [6.45, 7) is 7.21. The number of carbonyl (C=O) groups excluding carboxylic acids is 4. The van der Waals surface area contributed by atoms with Gasteiger partial charge in [0, 0.05) is 29.9 Å². The summed E-state index contributed by atoms with van der Waals surface area (Å²) in [6.07, 6.45) is 2.61. The van der Waals surface area contributed by atoms with Crippen molar-refractivity contribution in [2.75, 3.05) is 0 Å². The largest absolute Gasteiger partial charge is 0.480 e. The Kier molecular flexibility index (Phi) is 12.1. The summed E-state index contributed by atoms with van der Waals surface area (Å²) in [5.41, 5.74) is 12.9. The standard InChI is InChI=1S/C28H42N6O6/c1-5-15(3)23(30)27(38)32-20(11-12-22(29)35)25(36)33-21(26(37)34-24(28(39)40)16(4)6-2)13-17-14-31-19-10-8-7-9-18(17)19/h7-10,14-16,20-21,23-24,31H,5-6,11-13,30H2,1-4H3,(H2,29,35)(H,32,38)(H,33,36)(H,34,37)(H,39,40). The fraction of sp³-hybridized carbons (Fsp3) is 0.536. The van der Waals surface area contributed by atoms with Crippen LogP contribution in [0.2, 0.25) is 0 Å². The first-order valence-electron chi connectivity index (χ1n) is 13.6. The Morgan fingerprint density at radius 2 is 1.50 bits per heavy atom. The number of hydrogen-bond acceptors (Lipinski definition) is 6. The van der Waals surface area contributed by atoms with Gasteiger partial charge in [-0.25, -0.2) is 4.79 Å². The van der Waals surface area contributed by atoms with Gasteiger partial charge in [0.2, 0.25) is 23.6 Å². The molecule has 1 aromatic heterocycles. The van der Waals surface area contributed by atoms with Crippen molar-refractivity contribution in [2.45, 2.75) is 84.0 Å². The zero-order valence-electron chi connectivity index (χ0n) is 23.5. The van der Waals surface area contributed by atoms with Crippen LogP contribution in [0, 0.1) is 11.8 Å². The van der Waals surface area contributed by atoms with Crippen LogP contribution in [0.4, 0.5) is 0 Å². The summed E-state index contributed by atoms with van der Waals surface area (Å²) in [5, 5.41) is 18.4. The lowest BCUT2D eigenvalue weighted by molar-refractivity contribution is -0.143. The lowest BCUT2D eigenvalue weighted by atomic mass is 9.97. The molecule has 12 nitrogen and oxygen atoms in total. The molecule has 0 aliphatic rings. The number of carboxylic acid groups (broad SMARTS) is 1. The van der Waals surface area contributed by atoms with Gasteiger partial charge >= 0.3 is 5.97 Å². The number of aromatic nitrogens is 1. The molecule has 0 radical (unpaired) electrons. The zero-order chi connectivity index (χ0) is 30.0. The lowest BCUT2D eigenvalue weighted by Crippen LogP contribution is -2.58. The maximum Gasteiger partial charge on any atom is 0.326 e. The van der Waals surface area contributed by atoms with Gasteiger partial charge in [-0.05, 0) is 29.9 Å². The van der Waals surface area contributed by atoms with Gasteiger partial charge in [-0.2, -0.15) is 0 Å². The molecule has 12 heteroatoms. The third-order valence-corrected chi connectivity index (χ3v) is 7.38. The molecule has 0 aliphatic heterocycles. The molecule has 4 amide bonds. The van der Waals surface area contributed by atoms with Crippen LogP contribution in [-0.4, -0.2) is 63.9 Å². The minimum atomic E-state index is -1.20. The smallest absolute Gasteiger partial charge is 0.326 e. The van der Waals surface area contributed by atoms with Crippen LogP contribution < -0.4 is 27.4 Å². The van der Waals surface area contributed by atoms with Crippen molar-refractivity contribution in [3.05, 3.63) is 36.0 Å². The van der Waals surface area contributed by atoms with Crippen LogP contribution in [0.5, 0.6) is 0 Å². The molecule has 6 unspecified atom stereocenters. The number of rotatable bonds is 16. The molecule has 2 aromatic rings. The highest BCUT2D eigenvalue weighted by Gasteiger charge is 2.33. The quantitative estimate of drug-likeness (QED) is 0.158. The number of amides is 4. The molecular weight excluding hydrogens is 516 g/mol. The molecule has 6 atom stereocenters. The SMILES string of the molecule is CCC(C)C(N)C(=O)NC(CCC(N)=O)C(=O)NC(Cc1c[nH]c2ccccc12)C(=O)NC(C(=O)O)C(C)CC. The Morgan fingerprint density at radius 3 is 2.10 bits per heavy atom. The van der Waals surface area contributed by atoms with Crippen molar-refractivity contribution in [3.63, 3.8) is 0 Å². The van der Waals surface area contributed by atoms with Crippen molar-refractivity contribution in [1.29, 1.82) is 0 Å². The fourth-order valence-corrected chi connectivity index (χ4v) is 4.27. The number of nitrogens with one attached hydrogen (secondary N) is 4. The van der Waals surface area contributed by atoms with E-state index in [0.29, 0.717) is 12.8 Å². The van der Waals surface area contributed by atoms with Crippen LogP contribution in [0.15, 0.2) is 30.5 Å². The van der Waals surface area contributed by atoms with Crippen molar-refractivity contribution >= 4 is 40.5 Å². The van der Waals surface area contributed by atoms with Crippen LogP contribution in [0.1, 0.15) is 58.9 Å². The average Bonchev–Trinajstić information content (AvgIpc) is 3.34. The molecule has 0 saturated heterocycles. The molecule has 220 valence electrons. The van der Waals surface area contributed by atoms with Gasteiger partial charge in [-0.1, -0.05) is 58.7 Å². The predicted molar refractivity (Wildman–Crippen MR) is 151 cm³/mol. The van der Waals surface area contributed by atoms with E-state index in [1.54, 1.807) is 20.0 Å². The first-order valence-corrected chi connectivity index (χ1v) is 13.6. The first-order chi connectivity index (χ1) is 18.9. The van der Waals surface area contributed by atoms with Crippen LogP contribution in [0.25, 0.3) is 10.9 Å². The highest BCUT2D eigenvalue weighted by molar-refractivity contribution is 5.95. The van der Waals surface area contributed by atoms with E-state index in [4.69, 9.17) is 11.5 Å². The third kappa shape index (κ3) is 8.80. The van der Waals surface area contributed by atoms with E-state index in [1.165, 1.54) is 0 Å². The number of carboxylic acids is 1. The molecule has 0 spiro atoms. The van der Waals surface area contributed by atoms with Gasteiger partial charge in [-0.3, -0.25) is 19.2 Å². The van der Waals surface area contributed by atoms with Gasteiger partial charge in [0.05, 0.1) is 6.04 Å². The zero-order valence-corrected chi connectivity index (χ0v) is 23.5. The van der Waals surface area contributed by atoms with Crippen molar-refractivity contribution in [3.8, 4) is 0 Å². The number of carbonyl (C=O) groups is 5. The number of aromatic amines is 1. The minimum absolute atomic E-state index is 0.0390. The monoisotopic (exact) mass is 558 g/mol. The number of aliphatic carboxylic acids is 1. The fourth-order valence-electron chi connectivity index (χ4n) is 4.27. The number of primary amides is 1. The van der Waals surface area contributed by atoms with E-state index in [2.05, 4.69) is 20.9 Å². The molecule has 0 aliphatic carbocycles. The number of nitrogens with two attached hydrogens (primary N) is 2. The number of hydrogen-bond donors (Lipinski definition) is 7. The van der Waals surface area contributed by atoms with E-state index in [-0.39, 0.29) is 31.1 Å². The van der Waals surface area contributed by atoms with E-state index in [1.807, 2.05) is 38.1 Å². The van der Waals surface area contributed by atoms with Gasteiger partial charge in [-0.15, -0.1) is 0 Å². The van der Waals surface area contributed by atoms with E-state index < -0.39 is 53.8 Å². The molecule has 0 bridgehead atoms. The van der Waals surface area contributed by atoms with Gasteiger partial charge in [0.15, 0.2) is 0 Å².